The molecule has 0 bridgehead atoms. The first-order chi connectivity index (χ1) is 12.3. The van der Waals surface area contributed by atoms with Gasteiger partial charge in [-0.15, -0.1) is 11.3 Å². The van der Waals surface area contributed by atoms with Crippen LogP contribution in [0.25, 0.3) is 0 Å². The van der Waals surface area contributed by atoms with Gasteiger partial charge in [-0.3, -0.25) is 14.5 Å². The average Bonchev–Trinajstić information content (AvgIpc) is 3.05. The molecule has 0 atom stereocenters. The molecule has 0 aliphatic heterocycles. The number of hydrogen-bond donors (Lipinski definition) is 2. The first-order valence-corrected chi connectivity index (χ1v) is 9.76. The molecule has 0 saturated heterocycles. The summed E-state index contributed by atoms with van der Waals surface area (Å²) < 4.78 is 41.0. The molecule has 1 aromatic carbocycles. The number of rotatable bonds is 5. The minimum atomic E-state index is -3.90. The number of nitrogens with one attached hydrogen (secondary N) is 2. The van der Waals surface area contributed by atoms with Crippen molar-refractivity contribution in [3.05, 3.63) is 71.1 Å². The van der Waals surface area contributed by atoms with Gasteiger partial charge in [-0.2, -0.15) is 0 Å². The third-order valence-electron chi connectivity index (χ3n) is 3.35. The first-order valence-electron chi connectivity index (χ1n) is 7.46. The van der Waals surface area contributed by atoms with Crippen LogP contribution in [0.3, 0.4) is 0 Å². The molecule has 3 rings (SSSR count). The van der Waals surface area contributed by atoms with Gasteiger partial charge in [0.05, 0.1) is 11.4 Å². The van der Waals surface area contributed by atoms with Crippen LogP contribution in [0.15, 0.2) is 58.9 Å². The first kappa shape index (κ1) is 18.0. The number of sulfonamides is 1. The van der Waals surface area contributed by atoms with Crippen LogP contribution in [-0.2, 0) is 10.0 Å². The van der Waals surface area contributed by atoms with E-state index in [4.69, 9.17) is 0 Å². The molecular weight excluding hydrogens is 377 g/mol. The van der Waals surface area contributed by atoms with Crippen molar-refractivity contribution in [2.45, 2.75) is 11.1 Å². The molecule has 26 heavy (non-hydrogen) atoms. The second kappa shape index (κ2) is 7.22. The number of hydrogen-bond acceptors (Lipinski definition) is 5. The predicted molar refractivity (Wildman–Crippen MR) is 98.5 cm³/mol. The maximum absolute atomic E-state index is 13.6. The minimum absolute atomic E-state index is 0.0691. The Kier molecular flexibility index (Phi) is 5.01. The highest BCUT2D eigenvalue weighted by Gasteiger charge is 2.19. The summed E-state index contributed by atoms with van der Waals surface area (Å²) in [6, 6.07) is 11.4. The van der Waals surface area contributed by atoms with Crippen LogP contribution in [0.4, 0.5) is 15.8 Å². The molecule has 2 N–H and O–H groups in total. The fraction of sp³-hybridized carbons (Fsp3) is 0.0588. The van der Waals surface area contributed by atoms with Gasteiger partial charge in [0.15, 0.2) is 0 Å². The zero-order valence-electron chi connectivity index (χ0n) is 13.6. The zero-order chi connectivity index (χ0) is 18.7. The third kappa shape index (κ3) is 4.06. The Bertz CT molecular complexity index is 1050. The van der Waals surface area contributed by atoms with E-state index in [2.05, 4.69) is 15.0 Å². The molecular formula is C17H14FN3O3S2. The monoisotopic (exact) mass is 391 g/mol. The summed E-state index contributed by atoms with van der Waals surface area (Å²) in [5.74, 6) is -1.18. The summed E-state index contributed by atoms with van der Waals surface area (Å²) in [4.78, 5) is 17.0. The van der Waals surface area contributed by atoms with Crippen molar-refractivity contribution >= 4 is 38.6 Å². The van der Waals surface area contributed by atoms with E-state index in [9.17, 15) is 17.6 Å². The summed E-state index contributed by atoms with van der Waals surface area (Å²) in [6.07, 6.45) is 1.46. The molecule has 0 radical (unpaired) electrons. The maximum Gasteiger partial charge on any atom is 0.274 e. The van der Waals surface area contributed by atoms with Gasteiger partial charge in [-0.1, -0.05) is 6.07 Å². The van der Waals surface area contributed by atoms with E-state index in [-0.39, 0.29) is 21.3 Å². The molecule has 134 valence electrons. The number of benzene rings is 1. The number of pyridine rings is 1. The average molecular weight is 391 g/mol. The Balaban J connectivity index is 1.90. The van der Waals surface area contributed by atoms with Crippen LogP contribution < -0.4 is 10.0 Å². The zero-order valence-corrected chi connectivity index (χ0v) is 15.2. The largest absolute Gasteiger partial charge is 0.319 e. The van der Waals surface area contributed by atoms with Crippen LogP contribution in [0.5, 0.6) is 0 Å². The van der Waals surface area contributed by atoms with E-state index in [0.717, 1.165) is 28.3 Å². The maximum atomic E-state index is 13.6. The van der Waals surface area contributed by atoms with Crippen molar-refractivity contribution in [1.29, 1.82) is 0 Å². The van der Waals surface area contributed by atoms with Crippen LogP contribution in [0.1, 0.15) is 15.4 Å². The summed E-state index contributed by atoms with van der Waals surface area (Å²) >= 11 is 1.09. The standard InChI is InChI=1S/C17H14FN3O3S2/c1-11-5-8-16(25-11)26(23,24)21-15-10-12(18)6-7-13(15)20-17(22)14-4-2-3-9-19-14/h2-10,21H,1H3,(H,20,22). The number of anilines is 2. The molecule has 0 aliphatic rings. The molecule has 0 unspecified atom stereocenters. The lowest BCUT2D eigenvalue weighted by atomic mass is 10.2. The lowest BCUT2D eigenvalue weighted by molar-refractivity contribution is 0.102. The van der Waals surface area contributed by atoms with Gasteiger partial charge in [0, 0.05) is 17.1 Å². The van der Waals surface area contributed by atoms with Gasteiger partial charge >= 0.3 is 0 Å². The van der Waals surface area contributed by atoms with Crippen molar-refractivity contribution in [2.75, 3.05) is 10.0 Å². The Morgan fingerprint density at radius 3 is 2.58 bits per heavy atom. The lowest BCUT2D eigenvalue weighted by Gasteiger charge is -2.13. The van der Waals surface area contributed by atoms with Crippen molar-refractivity contribution in [2.24, 2.45) is 0 Å². The van der Waals surface area contributed by atoms with Gasteiger partial charge in [0.2, 0.25) is 0 Å². The predicted octanol–water partition coefficient (Wildman–Crippen LogP) is 3.64. The van der Waals surface area contributed by atoms with E-state index in [1.807, 2.05) is 0 Å². The van der Waals surface area contributed by atoms with E-state index < -0.39 is 21.7 Å². The summed E-state index contributed by atoms with van der Waals surface area (Å²) in [5, 5.41) is 2.54. The van der Waals surface area contributed by atoms with E-state index in [0.29, 0.717) is 0 Å². The number of carbonyl (C=O) groups is 1. The molecule has 3 aromatic rings. The Labute approximate surface area is 153 Å². The number of nitrogens with zero attached hydrogens (tertiary/aromatic N) is 1. The third-order valence-corrected chi connectivity index (χ3v) is 6.21. The molecule has 0 spiro atoms. The smallest absolute Gasteiger partial charge is 0.274 e. The van der Waals surface area contributed by atoms with Crippen molar-refractivity contribution < 1.29 is 17.6 Å². The quantitative estimate of drug-likeness (QED) is 0.695. The number of amides is 1. The molecule has 0 aliphatic carbocycles. The molecule has 6 nitrogen and oxygen atoms in total. The number of carbonyl (C=O) groups excluding carboxylic acids is 1. The van der Waals surface area contributed by atoms with Gasteiger partial charge in [0.1, 0.15) is 15.7 Å². The van der Waals surface area contributed by atoms with Gasteiger partial charge < -0.3 is 5.32 Å². The fourth-order valence-electron chi connectivity index (χ4n) is 2.14. The van der Waals surface area contributed by atoms with Gasteiger partial charge in [-0.25, -0.2) is 12.8 Å². The summed E-state index contributed by atoms with van der Waals surface area (Å²) in [7, 11) is -3.90. The highest BCUT2D eigenvalue weighted by atomic mass is 32.2. The molecule has 1 amide bonds. The Hall–Kier alpha value is -2.78. The van der Waals surface area contributed by atoms with Crippen molar-refractivity contribution in [3.63, 3.8) is 0 Å². The number of thiophene rings is 1. The van der Waals surface area contributed by atoms with Crippen LogP contribution in [-0.4, -0.2) is 19.3 Å². The molecule has 2 heterocycles. The van der Waals surface area contributed by atoms with Gasteiger partial charge in [0.25, 0.3) is 15.9 Å². The van der Waals surface area contributed by atoms with Crippen molar-refractivity contribution in [3.8, 4) is 0 Å². The Morgan fingerprint density at radius 2 is 1.92 bits per heavy atom. The SMILES string of the molecule is Cc1ccc(S(=O)(=O)Nc2cc(F)ccc2NC(=O)c2ccccn2)s1. The topological polar surface area (TPSA) is 88.2 Å². The van der Waals surface area contributed by atoms with Gasteiger partial charge in [-0.05, 0) is 43.3 Å². The highest BCUT2D eigenvalue weighted by Crippen LogP contribution is 2.28. The number of aromatic nitrogens is 1. The molecule has 0 fully saturated rings. The number of halogens is 1. The fourth-order valence-corrected chi connectivity index (χ4v) is 4.50. The number of aryl methyl sites for hydroxylation is 1. The Morgan fingerprint density at radius 1 is 1.12 bits per heavy atom. The van der Waals surface area contributed by atoms with Crippen LogP contribution >= 0.6 is 11.3 Å². The van der Waals surface area contributed by atoms with E-state index in [1.165, 1.54) is 24.4 Å². The van der Waals surface area contributed by atoms with E-state index in [1.54, 1.807) is 25.1 Å². The summed E-state index contributed by atoms with van der Waals surface area (Å²) in [5.41, 5.74) is 0.207. The highest BCUT2D eigenvalue weighted by molar-refractivity contribution is 7.94. The normalized spacial score (nSPS) is 11.2. The second-order valence-electron chi connectivity index (χ2n) is 5.33. The van der Waals surface area contributed by atoms with Crippen LogP contribution in [0, 0.1) is 12.7 Å². The molecule has 0 saturated carbocycles. The summed E-state index contributed by atoms with van der Waals surface area (Å²) in [6.45, 7) is 1.78. The second-order valence-corrected chi connectivity index (χ2v) is 8.53. The molecule has 2 aromatic heterocycles. The van der Waals surface area contributed by atoms with Crippen LogP contribution in [0.2, 0.25) is 0 Å². The van der Waals surface area contributed by atoms with E-state index >= 15 is 0 Å². The molecule has 9 heteroatoms. The lowest BCUT2D eigenvalue weighted by Crippen LogP contribution is -2.17. The minimum Gasteiger partial charge on any atom is -0.319 e. The van der Waals surface area contributed by atoms with Crippen molar-refractivity contribution in [1.82, 2.24) is 4.98 Å².